The van der Waals surface area contributed by atoms with E-state index in [9.17, 15) is 14.4 Å². The molecule has 3 rings (SSSR count). The predicted molar refractivity (Wildman–Crippen MR) is 155 cm³/mol. The van der Waals surface area contributed by atoms with Gasteiger partial charge >= 0.3 is 6.09 Å². The van der Waals surface area contributed by atoms with Crippen molar-refractivity contribution >= 4 is 34.4 Å². The maximum Gasteiger partial charge on any atom is 0.408 e. The standard InChI is InChI=1S/C32H37N3O4/c1-9-35(30(37)27(20(2)3)34-31(38)39-32(6,7)8)28(25-15-14-21(4)22(5)18-25)29(36)33-26-17-16-23-12-10-11-13-24(23)19-26/h1,10-20,27-28H,2-8H3,(H,33,36)(H,34,38). The third-order valence-electron chi connectivity index (χ3n) is 6.35. The number of amides is 3. The molecule has 3 aromatic carbocycles. The molecule has 0 aliphatic carbocycles. The summed E-state index contributed by atoms with van der Waals surface area (Å²) in [4.78, 5) is 41.3. The summed E-state index contributed by atoms with van der Waals surface area (Å²) in [5, 5.41) is 7.58. The van der Waals surface area contributed by atoms with Crippen molar-refractivity contribution in [3.63, 3.8) is 0 Å². The van der Waals surface area contributed by atoms with E-state index in [1.165, 1.54) is 0 Å². The smallest absolute Gasteiger partial charge is 0.408 e. The summed E-state index contributed by atoms with van der Waals surface area (Å²) < 4.78 is 5.37. The Hall–Kier alpha value is -4.31. The number of anilines is 1. The number of fused-ring (bicyclic) bond motifs is 1. The van der Waals surface area contributed by atoms with Crippen LogP contribution in [0.25, 0.3) is 10.8 Å². The van der Waals surface area contributed by atoms with E-state index in [0.29, 0.717) is 11.3 Å². The molecule has 0 heterocycles. The summed E-state index contributed by atoms with van der Waals surface area (Å²) >= 11 is 0. The maximum atomic E-state index is 13.8. The van der Waals surface area contributed by atoms with Gasteiger partial charge in [-0.2, -0.15) is 0 Å². The average molecular weight is 528 g/mol. The van der Waals surface area contributed by atoms with Crippen LogP contribution in [-0.4, -0.2) is 34.5 Å². The molecule has 7 nitrogen and oxygen atoms in total. The highest BCUT2D eigenvalue weighted by atomic mass is 16.6. The molecule has 7 heteroatoms. The molecule has 0 aromatic heterocycles. The maximum absolute atomic E-state index is 13.8. The number of hydrogen-bond acceptors (Lipinski definition) is 4. The minimum absolute atomic E-state index is 0.329. The van der Waals surface area contributed by atoms with Crippen LogP contribution in [0.3, 0.4) is 0 Å². The molecule has 204 valence electrons. The molecular weight excluding hydrogens is 490 g/mol. The minimum Gasteiger partial charge on any atom is -0.444 e. The molecule has 2 atom stereocenters. The summed E-state index contributed by atoms with van der Waals surface area (Å²) in [6.07, 6.45) is 5.15. The molecule has 3 amide bonds. The molecule has 0 saturated carbocycles. The van der Waals surface area contributed by atoms with E-state index in [0.717, 1.165) is 26.8 Å². The third-order valence-corrected chi connectivity index (χ3v) is 6.35. The lowest BCUT2D eigenvalue weighted by Gasteiger charge is -2.32. The van der Waals surface area contributed by atoms with Crippen molar-refractivity contribution in [1.29, 1.82) is 0 Å². The molecule has 39 heavy (non-hydrogen) atoms. The summed E-state index contributed by atoms with van der Waals surface area (Å²) in [7, 11) is 0. The number of aryl methyl sites for hydroxylation is 2. The molecule has 0 saturated heterocycles. The third kappa shape index (κ3) is 7.38. The molecule has 0 aliphatic heterocycles. The van der Waals surface area contributed by atoms with E-state index in [1.54, 1.807) is 46.8 Å². The number of rotatable bonds is 7. The highest BCUT2D eigenvalue weighted by Gasteiger charge is 2.37. The Morgan fingerprint density at radius 1 is 0.923 bits per heavy atom. The SMILES string of the molecule is C#CN(C(=O)C(NC(=O)OC(C)(C)C)C(C)C)C(C(=O)Nc1ccc2ccccc2c1)c1ccc(C)c(C)c1. The monoisotopic (exact) mass is 527 g/mol. The highest BCUT2D eigenvalue weighted by molar-refractivity contribution is 6.01. The number of alkyl carbamates (subject to hydrolysis) is 1. The Kier molecular flexibility index (Phi) is 9.03. The van der Waals surface area contributed by atoms with Gasteiger partial charge in [-0.05, 0) is 80.1 Å². The van der Waals surface area contributed by atoms with E-state index < -0.39 is 35.6 Å². The molecule has 0 bridgehead atoms. The van der Waals surface area contributed by atoms with Gasteiger partial charge in [0.2, 0.25) is 0 Å². The number of terminal acetylenes is 1. The van der Waals surface area contributed by atoms with E-state index >= 15 is 0 Å². The van der Waals surface area contributed by atoms with Crippen LogP contribution in [-0.2, 0) is 14.3 Å². The minimum atomic E-state index is -1.14. The lowest BCUT2D eigenvalue weighted by Crippen LogP contribution is -2.53. The summed E-state index contributed by atoms with van der Waals surface area (Å²) in [5.74, 6) is -1.39. The van der Waals surface area contributed by atoms with Gasteiger partial charge in [0.1, 0.15) is 17.7 Å². The van der Waals surface area contributed by atoms with Crippen molar-refractivity contribution in [2.45, 2.75) is 66.2 Å². The number of carbonyl (C=O) groups excluding carboxylic acids is 3. The molecular formula is C32H37N3O4. The Morgan fingerprint density at radius 2 is 1.59 bits per heavy atom. The molecule has 0 radical (unpaired) electrons. The number of ether oxygens (including phenoxy) is 1. The molecule has 3 aromatic rings. The lowest BCUT2D eigenvalue weighted by molar-refractivity contribution is -0.137. The van der Waals surface area contributed by atoms with Crippen LogP contribution < -0.4 is 10.6 Å². The number of nitrogens with zero attached hydrogens (tertiary/aromatic N) is 1. The topological polar surface area (TPSA) is 87.7 Å². The molecule has 0 spiro atoms. The van der Waals surface area contributed by atoms with Gasteiger partial charge in [-0.15, -0.1) is 0 Å². The van der Waals surface area contributed by atoms with Gasteiger partial charge in [-0.25, -0.2) is 4.79 Å². The zero-order valence-electron chi connectivity index (χ0n) is 23.7. The summed E-state index contributed by atoms with van der Waals surface area (Å²) in [6.45, 7) is 12.7. The average Bonchev–Trinajstić information content (AvgIpc) is 2.85. The Morgan fingerprint density at radius 3 is 2.18 bits per heavy atom. The van der Waals surface area contributed by atoms with Crippen molar-refractivity contribution in [1.82, 2.24) is 10.2 Å². The van der Waals surface area contributed by atoms with Crippen LogP contribution in [0.1, 0.15) is 57.4 Å². The van der Waals surface area contributed by atoms with Crippen LogP contribution in [0.15, 0.2) is 60.7 Å². The summed E-state index contributed by atoms with van der Waals surface area (Å²) in [5.41, 5.74) is 2.37. The van der Waals surface area contributed by atoms with Gasteiger partial charge in [-0.3, -0.25) is 14.5 Å². The molecule has 0 aliphatic rings. The van der Waals surface area contributed by atoms with Crippen LogP contribution >= 0.6 is 0 Å². The Balaban J connectivity index is 2.00. The van der Waals surface area contributed by atoms with Crippen molar-refractivity contribution in [2.24, 2.45) is 5.92 Å². The van der Waals surface area contributed by atoms with Crippen LogP contribution in [0, 0.1) is 32.2 Å². The quantitative estimate of drug-likeness (QED) is 0.287. The number of benzene rings is 3. The number of carbonyl (C=O) groups is 3. The normalized spacial score (nSPS) is 12.8. The first kappa shape index (κ1) is 29.2. The van der Waals surface area contributed by atoms with Crippen molar-refractivity contribution < 1.29 is 19.1 Å². The van der Waals surface area contributed by atoms with Crippen molar-refractivity contribution in [3.05, 3.63) is 77.4 Å². The fourth-order valence-electron chi connectivity index (χ4n) is 4.19. The van der Waals surface area contributed by atoms with E-state index in [1.807, 2.05) is 62.4 Å². The zero-order valence-corrected chi connectivity index (χ0v) is 23.7. The van der Waals surface area contributed by atoms with E-state index in [4.69, 9.17) is 11.2 Å². The second-order valence-corrected chi connectivity index (χ2v) is 11.0. The van der Waals surface area contributed by atoms with Gasteiger partial charge < -0.3 is 15.4 Å². The van der Waals surface area contributed by atoms with Crippen LogP contribution in [0.5, 0.6) is 0 Å². The highest BCUT2D eigenvalue weighted by Crippen LogP contribution is 2.27. The largest absolute Gasteiger partial charge is 0.444 e. The van der Waals surface area contributed by atoms with Crippen molar-refractivity contribution in [3.8, 4) is 12.5 Å². The predicted octanol–water partition coefficient (Wildman–Crippen LogP) is 6.11. The first-order valence-electron chi connectivity index (χ1n) is 13.0. The zero-order chi connectivity index (χ0) is 28.9. The number of nitrogens with one attached hydrogen (secondary N) is 2. The van der Waals surface area contributed by atoms with Gasteiger partial charge in [-0.1, -0.05) is 68.8 Å². The van der Waals surface area contributed by atoms with Gasteiger partial charge in [0, 0.05) is 11.7 Å². The van der Waals surface area contributed by atoms with E-state index in [2.05, 4.69) is 16.7 Å². The fourth-order valence-corrected chi connectivity index (χ4v) is 4.19. The first-order valence-corrected chi connectivity index (χ1v) is 13.0. The van der Waals surface area contributed by atoms with Gasteiger partial charge in [0.05, 0.1) is 0 Å². The molecule has 2 N–H and O–H groups in total. The molecule has 0 fully saturated rings. The van der Waals surface area contributed by atoms with Crippen LogP contribution in [0.4, 0.5) is 10.5 Å². The van der Waals surface area contributed by atoms with Gasteiger partial charge in [0.15, 0.2) is 0 Å². The van der Waals surface area contributed by atoms with Gasteiger partial charge in [0.25, 0.3) is 11.8 Å². The Labute approximate surface area is 230 Å². The van der Waals surface area contributed by atoms with E-state index in [-0.39, 0.29) is 5.92 Å². The fraction of sp³-hybridized carbons (Fsp3) is 0.344. The lowest BCUT2D eigenvalue weighted by atomic mass is 9.97. The van der Waals surface area contributed by atoms with Crippen LogP contribution in [0.2, 0.25) is 0 Å². The Bertz CT molecular complexity index is 1410. The second kappa shape index (κ2) is 12.0. The summed E-state index contributed by atoms with van der Waals surface area (Å²) in [6, 6.07) is 19.2. The number of hydrogen-bond donors (Lipinski definition) is 2. The molecule has 2 unspecified atom stereocenters. The second-order valence-electron chi connectivity index (χ2n) is 11.0. The van der Waals surface area contributed by atoms with Crippen molar-refractivity contribution in [2.75, 3.05) is 5.32 Å². The first-order chi connectivity index (χ1) is 18.3.